The third-order valence-corrected chi connectivity index (χ3v) is 5.69. The zero-order valence-electron chi connectivity index (χ0n) is 16.6. The van der Waals surface area contributed by atoms with Gasteiger partial charge in [0.05, 0.1) is 6.10 Å². The van der Waals surface area contributed by atoms with E-state index < -0.39 is 0 Å². The minimum Gasteiger partial charge on any atom is -0.392 e. The predicted molar refractivity (Wildman–Crippen MR) is 112 cm³/mol. The Bertz CT molecular complexity index is 608. The van der Waals surface area contributed by atoms with Crippen molar-refractivity contribution in [1.82, 2.24) is 0 Å². The summed E-state index contributed by atoms with van der Waals surface area (Å²) in [6.07, 6.45) is 16.0. The summed E-state index contributed by atoms with van der Waals surface area (Å²) < 4.78 is 0. The van der Waals surface area contributed by atoms with Crippen LogP contribution in [0.3, 0.4) is 0 Å². The Balaban J connectivity index is 1.75. The number of allylic oxidation sites excluding steroid dienone is 3. The topological polar surface area (TPSA) is 63.3 Å². The molecule has 1 amide bonds. The Morgan fingerprint density at radius 3 is 2.63 bits per heavy atom. The average molecular weight is 370 g/mol. The lowest BCUT2D eigenvalue weighted by Gasteiger charge is -2.20. The molecule has 0 saturated heterocycles. The van der Waals surface area contributed by atoms with Gasteiger partial charge in [0.1, 0.15) is 0 Å². The minimum absolute atomic E-state index is 0.223. The first-order valence-corrected chi connectivity index (χ1v) is 10.4. The number of carbonyl (C=O) groups excluding carboxylic acids is 1. The fourth-order valence-electron chi connectivity index (χ4n) is 4.13. The second-order valence-electron chi connectivity index (χ2n) is 7.89. The molecule has 0 aromatic heterocycles. The van der Waals surface area contributed by atoms with Gasteiger partial charge in [-0.1, -0.05) is 61.6 Å². The van der Waals surface area contributed by atoms with Gasteiger partial charge >= 0.3 is 0 Å². The highest BCUT2D eigenvalue weighted by Crippen LogP contribution is 2.40. The number of aliphatic hydroxyl groups is 1. The molecule has 1 aromatic rings. The number of unbranched alkanes of at least 4 members (excludes halogenated alkanes) is 2. The first kappa shape index (κ1) is 21.4. The van der Waals surface area contributed by atoms with Crippen molar-refractivity contribution in [2.75, 3.05) is 0 Å². The summed E-state index contributed by atoms with van der Waals surface area (Å²) in [5.74, 6) is 1.06. The van der Waals surface area contributed by atoms with Crippen LogP contribution in [0.4, 0.5) is 0 Å². The molecule has 1 aliphatic carbocycles. The maximum absolute atomic E-state index is 10.8. The van der Waals surface area contributed by atoms with Crippen molar-refractivity contribution in [3.63, 3.8) is 0 Å². The van der Waals surface area contributed by atoms with E-state index >= 15 is 0 Å². The van der Waals surface area contributed by atoms with Crippen LogP contribution in [0.5, 0.6) is 0 Å². The molecule has 1 aliphatic rings. The Hall–Kier alpha value is -1.87. The van der Waals surface area contributed by atoms with E-state index in [2.05, 4.69) is 61.6 Å². The van der Waals surface area contributed by atoms with Crippen LogP contribution in [0.1, 0.15) is 57.4 Å². The Kier molecular flexibility index (Phi) is 9.34. The van der Waals surface area contributed by atoms with Gasteiger partial charge in [0, 0.05) is 12.3 Å². The fourth-order valence-corrected chi connectivity index (χ4v) is 4.13. The molecule has 4 atom stereocenters. The van der Waals surface area contributed by atoms with E-state index in [9.17, 15) is 9.90 Å². The second-order valence-corrected chi connectivity index (χ2v) is 7.89. The Morgan fingerprint density at radius 2 is 1.89 bits per heavy atom. The van der Waals surface area contributed by atoms with Gasteiger partial charge in [0.2, 0.25) is 5.91 Å². The van der Waals surface area contributed by atoms with Gasteiger partial charge in [0.15, 0.2) is 0 Å². The van der Waals surface area contributed by atoms with Crippen molar-refractivity contribution in [2.24, 2.45) is 23.5 Å². The number of hydrogen-bond donors (Lipinski definition) is 2. The predicted octanol–water partition coefficient (Wildman–Crippen LogP) is 4.80. The highest BCUT2D eigenvalue weighted by Gasteiger charge is 2.37. The molecular formula is C24H35NO2. The number of nitrogens with two attached hydrogens (primary N) is 1. The van der Waals surface area contributed by atoms with Gasteiger partial charge in [-0.3, -0.25) is 4.79 Å². The van der Waals surface area contributed by atoms with Gasteiger partial charge in [-0.05, 0) is 62.3 Å². The molecule has 1 aromatic carbocycles. The number of benzene rings is 1. The first-order valence-electron chi connectivity index (χ1n) is 10.4. The lowest BCUT2D eigenvalue weighted by molar-refractivity contribution is -0.118. The van der Waals surface area contributed by atoms with Crippen LogP contribution in [-0.4, -0.2) is 17.1 Å². The molecule has 1 fully saturated rings. The number of aryl methyl sites for hydroxylation is 1. The molecule has 0 spiro atoms. The molecule has 2 rings (SSSR count). The van der Waals surface area contributed by atoms with Crippen LogP contribution in [0.2, 0.25) is 0 Å². The van der Waals surface area contributed by atoms with E-state index in [4.69, 9.17) is 5.73 Å². The van der Waals surface area contributed by atoms with E-state index in [1.807, 2.05) is 0 Å². The van der Waals surface area contributed by atoms with E-state index in [-0.39, 0.29) is 17.9 Å². The molecule has 148 valence electrons. The first-order chi connectivity index (χ1) is 13.1. The minimum atomic E-state index is -0.228. The largest absolute Gasteiger partial charge is 0.392 e. The zero-order valence-corrected chi connectivity index (χ0v) is 16.6. The zero-order chi connectivity index (χ0) is 19.5. The van der Waals surface area contributed by atoms with E-state index in [0.717, 1.165) is 44.9 Å². The Labute approximate surface area is 164 Å². The van der Waals surface area contributed by atoms with E-state index in [1.165, 1.54) is 5.56 Å². The van der Waals surface area contributed by atoms with E-state index in [0.29, 0.717) is 18.3 Å². The number of aliphatic hydroxyl groups excluding tert-OH is 1. The van der Waals surface area contributed by atoms with Gasteiger partial charge in [-0.2, -0.15) is 0 Å². The van der Waals surface area contributed by atoms with Crippen molar-refractivity contribution < 1.29 is 9.90 Å². The maximum atomic E-state index is 10.8. The van der Waals surface area contributed by atoms with Crippen molar-refractivity contribution >= 4 is 5.91 Å². The SMILES string of the molecule is C[C@H]1C[C@@H](O)[C@H](/C=C/CCCc2ccccc2)[C@H]1C/C=C\CCCC(N)=O. The third kappa shape index (κ3) is 7.72. The summed E-state index contributed by atoms with van der Waals surface area (Å²) in [4.78, 5) is 10.8. The highest BCUT2D eigenvalue weighted by molar-refractivity contribution is 5.73. The van der Waals surface area contributed by atoms with Crippen molar-refractivity contribution in [3.8, 4) is 0 Å². The van der Waals surface area contributed by atoms with Gasteiger partial charge in [-0.15, -0.1) is 0 Å². The summed E-state index contributed by atoms with van der Waals surface area (Å²) >= 11 is 0. The number of primary amides is 1. The maximum Gasteiger partial charge on any atom is 0.217 e. The van der Waals surface area contributed by atoms with Gasteiger partial charge < -0.3 is 10.8 Å². The quantitative estimate of drug-likeness (QED) is 0.435. The van der Waals surface area contributed by atoms with Gasteiger partial charge in [0.25, 0.3) is 0 Å². The summed E-state index contributed by atoms with van der Waals surface area (Å²) in [6, 6.07) is 10.6. The van der Waals surface area contributed by atoms with E-state index in [1.54, 1.807) is 0 Å². The van der Waals surface area contributed by atoms with Crippen LogP contribution in [0, 0.1) is 17.8 Å². The second kappa shape index (κ2) is 11.8. The Morgan fingerprint density at radius 1 is 1.15 bits per heavy atom. The third-order valence-electron chi connectivity index (χ3n) is 5.69. The van der Waals surface area contributed by atoms with Crippen LogP contribution in [-0.2, 0) is 11.2 Å². The standard InChI is InChI=1S/C24H35NO2/c1-19-18-23(26)22(21(19)15-9-2-3-11-17-24(25)27)16-10-5-8-14-20-12-6-4-7-13-20/h2,4,6-7,9-10,12-13,16,19,21-23,26H,3,5,8,11,14-15,17-18H2,1H3,(H2,25,27)/b9-2-,16-10+/t19-,21-,22+,23+/m0/s1. The summed E-state index contributed by atoms with van der Waals surface area (Å²) in [5, 5.41) is 10.4. The van der Waals surface area contributed by atoms with Crippen LogP contribution >= 0.6 is 0 Å². The number of amides is 1. The average Bonchev–Trinajstić information content (AvgIpc) is 2.91. The molecule has 0 aliphatic heterocycles. The van der Waals surface area contributed by atoms with Crippen LogP contribution in [0.15, 0.2) is 54.6 Å². The number of carbonyl (C=O) groups is 1. The summed E-state index contributed by atoms with van der Waals surface area (Å²) in [6.45, 7) is 2.25. The lowest BCUT2D eigenvalue weighted by Crippen LogP contribution is -2.17. The molecule has 0 heterocycles. The summed E-state index contributed by atoms with van der Waals surface area (Å²) in [7, 11) is 0. The van der Waals surface area contributed by atoms with Crippen molar-refractivity contribution in [2.45, 2.75) is 64.4 Å². The molecular weight excluding hydrogens is 334 g/mol. The highest BCUT2D eigenvalue weighted by atomic mass is 16.3. The molecule has 3 N–H and O–H groups in total. The number of rotatable bonds is 11. The van der Waals surface area contributed by atoms with Crippen LogP contribution in [0.25, 0.3) is 0 Å². The molecule has 1 saturated carbocycles. The monoisotopic (exact) mass is 369 g/mol. The fraction of sp³-hybridized carbons (Fsp3) is 0.542. The van der Waals surface area contributed by atoms with Crippen LogP contribution < -0.4 is 5.73 Å². The number of hydrogen-bond acceptors (Lipinski definition) is 2. The summed E-state index contributed by atoms with van der Waals surface area (Å²) in [5.41, 5.74) is 6.55. The molecule has 27 heavy (non-hydrogen) atoms. The van der Waals surface area contributed by atoms with Crippen molar-refractivity contribution in [1.29, 1.82) is 0 Å². The lowest BCUT2D eigenvalue weighted by atomic mass is 9.86. The molecule has 3 heteroatoms. The molecule has 0 radical (unpaired) electrons. The van der Waals surface area contributed by atoms with Gasteiger partial charge in [-0.25, -0.2) is 0 Å². The molecule has 0 unspecified atom stereocenters. The normalized spacial score (nSPS) is 25.6. The van der Waals surface area contributed by atoms with Crippen molar-refractivity contribution in [3.05, 3.63) is 60.2 Å². The molecule has 3 nitrogen and oxygen atoms in total. The smallest absolute Gasteiger partial charge is 0.217 e. The molecule has 0 bridgehead atoms.